The van der Waals surface area contributed by atoms with E-state index in [1.54, 1.807) is 16.9 Å². The Morgan fingerprint density at radius 1 is 1.47 bits per heavy atom. The summed E-state index contributed by atoms with van der Waals surface area (Å²) < 4.78 is 8.32. The Morgan fingerprint density at radius 2 is 2.26 bits per heavy atom. The van der Waals surface area contributed by atoms with Crippen LogP contribution >= 0.6 is 31.9 Å². The van der Waals surface area contributed by atoms with Gasteiger partial charge in [-0.2, -0.15) is 5.10 Å². The van der Waals surface area contributed by atoms with Crippen molar-refractivity contribution in [2.24, 2.45) is 7.05 Å². The molecule has 7 heteroatoms. The lowest BCUT2D eigenvalue weighted by Gasteiger charge is -2.13. The quantitative estimate of drug-likeness (QED) is 0.606. The fourth-order valence-corrected chi connectivity index (χ4v) is 2.50. The van der Waals surface area contributed by atoms with Gasteiger partial charge in [0.25, 0.3) is 0 Å². The zero-order chi connectivity index (χ0) is 13.8. The van der Waals surface area contributed by atoms with Crippen LogP contribution in [0.15, 0.2) is 28.9 Å². The molecule has 19 heavy (non-hydrogen) atoms. The first kappa shape index (κ1) is 14.4. The van der Waals surface area contributed by atoms with E-state index in [1.165, 1.54) is 0 Å². The molecule has 2 N–H and O–H groups in total. The molecule has 0 aliphatic rings. The third-order valence-corrected chi connectivity index (χ3v) is 3.50. The highest BCUT2D eigenvalue weighted by Gasteiger charge is 2.15. The van der Waals surface area contributed by atoms with Gasteiger partial charge in [-0.15, -0.1) is 0 Å². The molecule has 1 aromatic carbocycles. The fraction of sp³-hybridized carbons (Fsp3) is 0.250. The molecule has 0 amide bonds. The summed E-state index contributed by atoms with van der Waals surface area (Å²) in [6.07, 6.45) is 1.72. The number of anilines is 1. The van der Waals surface area contributed by atoms with Crippen LogP contribution in [0.1, 0.15) is 0 Å². The number of aryl methyl sites for hydroxylation is 1. The number of benzene rings is 1. The third kappa shape index (κ3) is 3.10. The van der Waals surface area contributed by atoms with Gasteiger partial charge in [-0.05, 0) is 34.1 Å². The summed E-state index contributed by atoms with van der Waals surface area (Å²) in [6, 6.07) is 5.37. The van der Waals surface area contributed by atoms with E-state index in [-0.39, 0.29) is 0 Å². The van der Waals surface area contributed by atoms with Crippen molar-refractivity contribution < 1.29 is 9.94 Å². The minimum Gasteiger partial charge on any atom is -0.492 e. The van der Waals surface area contributed by atoms with E-state index in [0.717, 1.165) is 26.8 Å². The van der Waals surface area contributed by atoms with Gasteiger partial charge in [0.15, 0.2) is 0 Å². The van der Waals surface area contributed by atoms with Gasteiger partial charge >= 0.3 is 0 Å². The van der Waals surface area contributed by atoms with Gasteiger partial charge in [-0.3, -0.25) is 15.4 Å². The van der Waals surface area contributed by atoms with Gasteiger partial charge in [-0.1, -0.05) is 15.9 Å². The molecule has 0 unspecified atom stereocenters. The average Bonchev–Trinajstić information content (AvgIpc) is 2.76. The van der Waals surface area contributed by atoms with Gasteiger partial charge < -0.3 is 4.74 Å². The first-order valence-electron chi connectivity index (χ1n) is 5.58. The Morgan fingerprint density at radius 3 is 2.84 bits per heavy atom. The molecular formula is C12H13Br2N3O2. The summed E-state index contributed by atoms with van der Waals surface area (Å²) in [5.41, 5.74) is 4.48. The first-order chi connectivity index (χ1) is 9.17. The van der Waals surface area contributed by atoms with E-state index in [1.807, 2.05) is 19.2 Å². The maximum absolute atomic E-state index is 9.03. The summed E-state index contributed by atoms with van der Waals surface area (Å²) >= 11 is 6.80. The Labute approximate surface area is 127 Å². The molecule has 0 aliphatic heterocycles. The maximum atomic E-state index is 9.03. The van der Waals surface area contributed by atoms with Crippen LogP contribution in [-0.4, -0.2) is 26.9 Å². The van der Waals surface area contributed by atoms with Crippen LogP contribution in [0.5, 0.6) is 5.75 Å². The number of aromatic nitrogens is 2. The van der Waals surface area contributed by atoms with Crippen LogP contribution in [-0.2, 0) is 7.05 Å². The molecule has 0 aliphatic carbocycles. The van der Waals surface area contributed by atoms with E-state index in [2.05, 4.69) is 42.4 Å². The second-order valence-corrected chi connectivity index (χ2v) is 5.47. The molecule has 0 spiro atoms. The van der Waals surface area contributed by atoms with Gasteiger partial charge in [0.2, 0.25) is 0 Å². The van der Waals surface area contributed by atoms with Crippen molar-refractivity contribution in [2.45, 2.75) is 0 Å². The van der Waals surface area contributed by atoms with Gasteiger partial charge in [0.1, 0.15) is 5.75 Å². The van der Waals surface area contributed by atoms with E-state index in [4.69, 9.17) is 9.94 Å². The van der Waals surface area contributed by atoms with Crippen molar-refractivity contribution >= 4 is 37.5 Å². The second-order valence-electron chi connectivity index (χ2n) is 3.82. The van der Waals surface area contributed by atoms with Crippen LogP contribution in [0.3, 0.4) is 0 Å². The number of ether oxygens (including phenoxy) is 1. The lowest BCUT2D eigenvalue weighted by molar-refractivity contribution is 0.346. The number of nitrogens with zero attached hydrogens (tertiary/aromatic N) is 2. The van der Waals surface area contributed by atoms with Crippen molar-refractivity contribution in [3.63, 3.8) is 0 Å². The Kier molecular flexibility index (Phi) is 4.84. The number of alkyl halides is 1. The standard InChI is InChI=1S/C12H13Br2N3O2/c1-17-12(10(14)7-15-17)9-6-8(16-18)2-3-11(9)19-5-4-13/h2-3,6-7,16,18H,4-5H2,1H3. The molecular weight excluding hydrogens is 378 g/mol. The molecule has 102 valence electrons. The Bertz CT molecular complexity index is 553. The Balaban J connectivity index is 2.52. The molecule has 5 nitrogen and oxygen atoms in total. The largest absolute Gasteiger partial charge is 0.492 e. The smallest absolute Gasteiger partial charge is 0.128 e. The maximum Gasteiger partial charge on any atom is 0.128 e. The van der Waals surface area contributed by atoms with Crippen molar-refractivity contribution in [1.29, 1.82) is 0 Å². The van der Waals surface area contributed by atoms with E-state index >= 15 is 0 Å². The highest BCUT2D eigenvalue weighted by Crippen LogP contribution is 2.36. The van der Waals surface area contributed by atoms with Crippen LogP contribution < -0.4 is 10.2 Å². The zero-order valence-electron chi connectivity index (χ0n) is 10.2. The van der Waals surface area contributed by atoms with Gasteiger partial charge in [0, 0.05) is 17.9 Å². The molecule has 0 saturated heterocycles. The minimum atomic E-state index is 0.564. The van der Waals surface area contributed by atoms with E-state index in [9.17, 15) is 0 Å². The van der Waals surface area contributed by atoms with Gasteiger partial charge in [0.05, 0.1) is 28.7 Å². The molecule has 2 rings (SSSR count). The average molecular weight is 391 g/mol. The third-order valence-electron chi connectivity index (χ3n) is 2.59. The Hall–Kier alpha value is -1.05. The van der Waals surface area contributed by atoms with Crippen molar-refractivity contribution in [3.05, 3.63) is 28.9 Å². The lowest BCUT2D eigenvalue weighted by Crippen LogP contribution is -2.02. The SMILES string of the molecule is Cn1ncc(Br)c1-c1cc(NO)ccc1OCCBr. The molecule has 0 saturated carbocycles. The number of hydrogen-bond acceptors (Lipinski definition) is 4. The summed E-state index contributed by atoms with van der Waals surface area (Å²) in [7, 11) is 1.85. The predicted octanol–water partition coefficient (Wildman–Crippen LogP) is 3.42. The normalized spacial score (nSPS) is 10.5. The van der Waals surface area contributed by atoms with E-state index in [0.29, 0.717) is 12.3 Å². The monoisotopic (exact) mass is 389 g/mol. The van der Waals surface area contributed by atoms with Crippen molar-refractivity contribution in [3.8, 4) is 17.0 Å². The number of nitrogens with one attached hydrogen (secondary N) is 1. The summed E-state index contributed by atoms with van der Waals surface area (Å²) in [6.45, 7) is 0.564. The fourth-order valence-electron chi connectivity index (χ4n) is 1.77. The van der Waals surface area contributed by atoms with Crippen LogP contribution in [0.25, 0.3) is 11.3 Å². The molecule has 1 aromatic heterocycles. The second kappa shape index (κ2) is 6.40. The number of halogens is 2. The lowest BCUT2D eigenvalue weighted by atomic mass is 10.1. The predicted molar refractivity (Wildman–Crippen MR) is 81.0 cm³/mol. The molecule has 0 atom stereocenters. The molecule has 1 heterocycles. The summed E-state index contributed by atoms with van der Waals surface area (Å²) in [5, 5.41) is 14.0. The first-order valence-corrected chi connectivity index (χ1v) is 7.49. The van der Waals surface area contributed by atoms with Crippen LogP contribution in [0.4, 0.5) is 5.69 Å². The molecule has 0 fully saturated rings. The van der Waals surface area contributed by atoms with Crippen LogP contribution in [0.2, 0.25) is 0 Å². The minimum absolute atomic E-state index is 0.564. The summed E-state index contributed by atoms with van der Waals surface area (Å²) in [5.74, 6) is 0.739. The number of rotatable bonds is 5. The molecule has 2 aromatic rings. The van der Waals surface area contributed by atoms with E-state index < -0.39 is 0 Å². The van der Waals surface area contributed by atoms with Crippen LogP contribution in [0, 0.1) is 0 Å². The van der Waals surface area contributed by atoms with Crippen molar-refractivity contribution in [1.82, 2.24) is 9.78 Å². The number of hydrogen-bond donors (Lipinski definition) is 2. The highest BCUT2D eigenvalue weighted by molar-refractivity contribution is 9.10. The topological polar surface area (TPSA) is 59.3 Å². The molecule has 0 radical (unpaired) electrons. The van der Waals surface area contributed by atoms with Gasteiger partial charge in [-0.25, -0.2) is 0 Å². The van der Waals surface area contributed by atoms with Crippen molar-refractivity contribution in [2.75, 3.05) is 17.4 Å². The summed E-state index contributed by atoms with van der Waals surface area (Å²) in [4.78, 5) is 0. The zero-order valence-corrected chi connectivity index (χ0v) is 13.4. The molecule has 0 bridgehead atoms. The highest BCUT2D eigenvalue weighted by atomic mass is 79.9.